The monoisotopic (exact) mass is 426 g/mol. The van der Waals surface area contributed by atoms with Crippen LogP contribution >= 0.6 is 0 Å². The van der Waals surface area contributed by atoms with E-state index in [2.05, 4.69) is 22.0 Å². The second-order valence-corrected chi connectivity index (χ2v) is 8.04. The molecule has 0 unspecified atom stereocenters. The van der Waals surface area contributed by atoms with Crippen LogP contribution in [0.25, 0.3) is 10.9 Å². The first-order valence-electron chi connectivity index (χ1n) is 10.8. The molecule has 162 valence electrons. The Hall–Kier alpha value is -3.61. The zero-order valence-electron chi connectivity index (χ0n) is 17.8. The molecule has 32 heavy (non-hydrogen) atoms. The normalized spacial score (nSPS) is 15.3. The number of benzene rings is 3. The van der Waals surface area contributed by atoms with Gasteiger partial charge in [-0.1, -0.05) is 42.5 Å². The standard InChI is InChI=1S/C26H26N4O2/c27-20-8-11-23-22(16-20)24(26(31)29-23)25(19-4-2-1-3-5-19)28-21-9-6-18(7-10-21)17-30-12-14-32-15-13-30/h1-11,16,29,31H,12-15,17,27H2. The molecule has 1 saturated heterocycles. The molecule has 5 rings (SSSR count). The summed E-state index contributed by atoms with van der Waals surface area (Å²) in [5.41, 5.74) is 11.8. The zero-order chi connectivity index (χ0) is 21.9. The van der Waals surface area contributed by atoms with Crippen LogP contribution in [0.3, 0.4) is 0 Å². The van der Waals surface area contributed by atoms with Gasteiger partial charge >= 0.3 is 0 Å². The van der Waals surface area contributed by atoms with E-state index in [9.17, 15) is 5.11 Å². The topological polar surface area (TPSA) is 86.9 Å². The molecule has 4 aromatic rings. The molecule has 0 aliphatic carbocycles. The van der Waals surface area contributed by atoms with Gasteiger partial charge in [0.05, 0.1) is 30.2 Å². The van der Waals surface area contributed by atoms with Crippen LogP contribution in [0, 0.1) is 0 Å². The number of aromatic nitrogens is 1. The highest BCUT2D eigenvalue weighted by Crippen LogP contribution is 2.32. The molecule has 0 amide bonds. The summed E-state index contributed by atoms with van der Waals surface area (Å²) in [6, 6.07) is 23.7. The lowest BCUT2D eigenvalue weighted by Crippen LogP contribution is -2.35. The molecule has 1 fully saturated rings. The maximum absolute atomic E-state index is 10.8. The number of H-pyrrole nitrogens is 1. The molecule has 1 aromatic heterocycles. The number of anilines is 1. The molecule has 0 bridgehead atoms. The van der Waals surface area contributed by atoms with Crippen LogP contribution in [0.4, 0.5) is 11.4 Å². The summed E-state index contributed by atoms with van der Waals surface area (Å²) < 4.78 is 5.43. The van der Waals surface area contributed by atoms with Crippen molar-refractivity contribution in [2.24, 2.45) is 4.99 Å². The van der Waals surface area contributed by atoms with E-state index in [-0.39, 0.29) is 5.88 Å². The summed E-state index contributed by atoms with van der Waals surface area (Å²) in [6.45, 7) is 4.41. The van der Waals surface area contributed by atoms with Crippen molar-refractivity contribution >= 4 is 28.0 Å². The number of nitrogen functional groups attached to an aromatic ring is 1. The number of hydrogen-bond donors (Lipinski definition) is 3. The summed E-state index contributed by atoms with van der Waals surface area (Å²) in [4.78, 5) is 10.4. The van der Waals surface area contributed by atoms with Crippen molar-refractivity contribution in [3.63, 3.8) is 0 Å². The van der Waals surface area contributed by atoms with E-state index in [1.807, 2.05) is 60.7 Å². The third-order valence-corrected chi connectivity index (χ3v) is 5.77. The molecule has 3 aromatic carbocycles. The Morgan fingerprint density at radius 2 is 1.75 bits per heavy atom. The molecule has 0 radical (unpaired) electrons. The fourth-order valence-corrected chi connectivity index (χ4v) is 4.12. The van der Waals surface area contributed by atoms with Crippen LogP contribution < -0.4 is 5.73 Å². The molecule has 0 atom stereocenters. The molecule has 1 aliphatic rings. The lowest BCUT2D eigenvalue weighted by atomic mass is 10.0. The van der Waals surface area contributed by atoms with E-state index < -0.39 is 0 Å². The fraction of sp³-hybridized carbons (Fsp3) is 0.192. The van der Waals surface area contributed by atoms with Crippen LogP contribution in [0.15, 0.2) is 77.8 Å². The number of nitrogens with two attached hydrogens (primary N) is 1. The molecule has 6 heteroatoms. The van der Waals surface area contributed by atoms with Gasteiger partial charge in [0, 0.05) is 41.8 Å². The molecule has 4 N–H and O–H groups in total. The van der Waals surface area contributed by atoms with Gasteiger partial charge in [-0.2, -0.15) is 0 Å². The summed E-state index contributed by atoms with van der Waals surface area (Å²) in [7, 11) is 0. The van der Waals surface area contributed by atoms with Gasteiger partial charge in [0.25, 0.3) is 0 Å². The van der Waals surface area contributed by atoms with Crippen LogP contribution in [0.1, 0.15) is 16.7 Å². The smallest absolute Gasteiger partial charge is 0.199 e. The molecule has 1 aliphatic heterocycles. The number of nitrogens with zero attached hydrogens (tertiary/aromatic N) is 2. The van der Waals surface area contributed by atoms with Crippen molar-refractivity contribution in [2.75, 3.05) is 32.0 Å². The Kier molecular flexibility index (Phi) is 5.62. The predicted octanol–water partition coefficient (Wildman–Crippen LogP) is 4.46. The Morgan fingerprint density at radius 1 is 1.00 bits per heavy atom. The average Bonchev–Trinajstić information content (AvgIpc) is 3.14. The number of morpholine rings is 1. The maximum atomic E-state index is 10.8. The summed E-state index contributed by atoms with van der Waals surface area (Å²) >= 11 is 0. The van der Waals surface area contributed by atoms with E-state index >= 15 is 0 Å². The van der Waals surface area contributed by atoms with Gasteiger partial charge in [-0.05, 0) is 35.9 Å². The lowest BCUT2D eigenvalue weighted by Gasteiger charge is -2.26. The summed E-state index contributed by atoms with van der Waals surface area (Å²) in [5.74, 6) is 0.0807. The highest BCUT2D eigenvalue weighted by Gasteiger charge is 2.19. The number of nitrogens with one attached hydrogen (secondary N) is 1. The Morgan fingerprint density at radius 3 is 2.50 bits per heavy atom. The molecule has 0 spiro atoms. The van der Waals surface area contributed by atoms with E-state index in [0.29, 0.717) is 17.0 Å². The molecule has 0 saturated carbocycles. The molecular formula is C26H26N4O2. The third-order valence-electron chi connectivity index (χ3n) is 5.77. The quantitative estimate of drug-likeness (QED) is 0.325. The number of ether oxygens (including phenoxy) is 1. The Balaban J connectivity index is 1.54. The minimum atomic E-state index is 0.0807. The fourth-order valence-electron chi connectivity index (χ4n) is 4.12. The summed E-state index contributed by atoms with van der Waals surface area (Å²) in [5, 5.41) is 11.6. The van der Waals surface area contributed by atoms with E-state index in [1.54, 1.807) is 0 Å². The van der Waals surface area contributed by atoms with E-state index in [1.165, 1.54) is 5.56 Å². The average molecular weight is 427 g/mol. The second-order valence-electron chi connectivity index (χ2n) is 8.04. The third kappa shape index (κ3) is 4.23. The molecular weight excluding hydrogens is 400 g/mol. The number of aliphatic imine (C=N–C) groups is 1. The number of aromatic amines is 1. The number of aromatic hydroxyl groups is 1. The van der Waals surface area contributed by atoms with Gasteiger partial charge in [0.1, 0.15) is 0 Å². The van der Waals surface area contributed by atoms with Crippen molar-refractivity contribution in [1.29, 1.82) is 0 Å². The Labute approximate surface area is 187 Å². The highest BCUT2D eigenvalue weighted by molar-refractivity contribution is 6.22. The molecule has 6 nitrogen and oxygen atoms in total. The number of hydrogen-bond acceptors (Lipinski definition) is 5. The molecule has 2 heterocycles. The van der Waals surface area contributed by atoms with Gasteiger partial charge < -0.3 is 20.6 Å². The van der Waals surface area contributed by atoms with Crippen LogP contribution in [0.2, 0.25) is 0 Å². The van der Waals surface area contributed by atoms with Crippen molar-refractivity contribution in [1.82, 2.24) is 9.88 Å². The van der Waals surface area contributed by atoms with Gasteiger partial charge in [0.2, 0.25) is 0 Å². The summed E-state index contributed by atoms with van der Waals surface area (Å²) in [6.07, 6.45) is 0. The van der Waals surface area contributed by atoms with Crippen LogP contribution in [-0.4, -0.2) is 47.0 Å². The minimum absolute atomic E-state index is 0.0807. The first-order valence-corrected chi connectivity index (χ1v) is 10.8. The minimum Gasteiger partial charge on any atom is -0.494 e. The van der Waals surface area contributed by atoms with Crippen LogP contribution in [-0.2, 0) is 11.3 Å². The largest absolute Gasteiger partial charge is 0.494 e. The first-order chi connectivity index (χ1) is 15.7. The van der Waals surface area contributed by atoms with Gasteiger partial charge in [0.15, 0.2) is 5.88 Å². The number of rotatable bonds is 5. The highest BCUT2D eigenvalue weighted by atomic mass is 16.5. The van der Waals surface area contributed by atoms with Gasteiger partial charge in [-0.3, -0.25) is 4.90 Å². The predicted molar refractivity (Wildman–Crippen MR) is 129 cm³/mol. The first kappa shape index (κ1) is 20.3. The van der Waals surface area contributed by atoms with Crippen molar-refractivity contribution < 1.29 is 9.84 Å². The van der Waals surface area contributed by atoms with E-state index in [0.717, 1.165) is 55.0 Å². The van der Waals surface area contributed by atoms with Crippen LogP contribution in [0.5, 0.6) is 5.88 Å². The Bertz CT molecular complexity index is 1240. The van der Waals surface area contributed by atoms with Crippen molar-refractivity contribution in [3.05, 3.63) is 89.5 Å². The SMILES string of the molecule is Nc1ccc2[nH]c(O)c(C(=Nc3ccc(CN4CCOCC4)cc3)c3ccccc3)c2c1. The van der Waals surface area contributed by atoms with Gasteiger partial charge in [-0.15, -0.1) is 0 Å². The van der Waals surface area contributed by atoms with E-state index in [4.69, 9.17) is 15.5 Å². The lowest BCUT2D eigenvalue weighted by molar-refractivity contribution is 0.0342. The van der Waals surface area contributed by atoms with Gasteiger partial charge in [-0.25, -0.2) is 4.99 Å². The zero-order valence-corrected chi connectivity index (χ0v) is 17.8. The maximum Gasteiger partial charge on any atom is 0.199 e. The number of fused-ring (bicyclic) bond motifs is 1. The second kappa shape index (κ2) is 8.86. The van der Waals surface area contributed by atoms with Crippen molar-refractivity contribution in [3.8, 4) is 5.88 Å². The van der Waals surface area contributed by atoms with Crippen molar-refractivity contribution in [2.45, 2.75) is 6.54 Å².